The van der Waals surface area contributed by atoms with E-state index in [-0.39, 0.29) is 11.9 Å². The van der Waals surface area contributed by atoms with Crippen molar-refractivity contribution in [2.45, 2.75) is 26.3 Å². The first kappa shape index (κ1) is 12.5. The van der Waals surface area contributed by atoms with Crippen molar-refractivity contribution in [2.75, 3.05) is 16.9 Å². The number of carbonyl (C=O) groups excluding carboxylic acids is 1. The molecule has 1 aromatic carbocycles. The first-order chi connectivity index (χ1) is 8.20. The molecule has 0 radical (unpaired) electrons. The molecule has 92 valence electrons. The van der Waals surface area contributed by atoms with Crippen molar-refractivity contribution in [1.29, 1.82) is 0 Å². The Balaban J connectivity index is 2.09. The number of thioether (sulfide) groups is 1. The van der Waals surface area contributed by atoms with Gasteiger partial charge in [-0.05, 0) is 30.5 Å². The fourth-order valence-electron chi connectivity index (χ4n) is 1.81. The summed E-state index contributed by atoms with van der Waals surface area (Å²) in [5, 5.41) is 6.19. The minimum absolute atomic E-state index is 0.0512. The van der Waals surface area contributed by atoms with Crippen LogP contribution in [0.4, 0.5) is 5.69 Å². The molecule has 3 nitrogen and oxygen atoms in total. The van der Waals surface area contributed by atoms with Gasteiger partial charge in [0.05, 0.1) is 6.04 Å². The number of rotatable bonds is 3. The molecule has 1 saturated heterocycles. The van der Waals surface area contributed by atoms with Crippen molar-refractivity contribution in [3.05, 3.63) is 29.3 Å². The summed E-state index contributed by atoms with van der Waals surface area (Å²) in [4.78, 5) is 12.0. The van der Waals surface area contributed by atoms with Gasteiger partial charge in [0.1, 0.15) is 0 Å². The van der Waals surface area contributed by atoms with Gasteiger partial charge in [0, 0.05) is 17.3 Å². The number of nitrogens with one attached hydrogen (secondary N) is 2. The monoisotopic (exact) mass is 250 g/mol. The maximum absolute atomic E-state index is 12.0. The third-order valence-electron chi connectivity index (χ3n) is 3.00. The molecule has 0 bridgehead atoms. The van der Waals surface area contributed by atoms with Gasteiger partial charge in [0.25, 0.3) is 0 Å². The van der Waals surface area contributed by atoms with Gasteiger partial charge in [-0.25, -0.2) is 0 Å². The quantitative estimate of drug-likeness (QED) is 0.863. The van der Waals surface area contributed by atoms with E-state index in [0.29, 0.717) is 0 Å². The van der Waals surface area contributed by atoms with Gasteiger partial charge in [0.15, 0.2) is 0 Å². The van der Waals surface area contributed by atoms with Crippen LogP contribution >= 0.6 is 11.8 Å². The van der Waals surface area contributed by atoms with Gasteiger partial charge in [-0.15, -0.1) is 11.8 Å². The van der Waals surface area contributed by atoms with Crippen LogP contribution in [-0.4, -0.2) is 23.6 Å². The zero-order valence-corrected chi connectivity index (χ0v) is 11.1. The minimum Gasteiger partial charge on any atom is -0.324 e. The smallest absolute Gasteiger partial charge is 0.242 e. The average molecular weight is 250 g/mol. The average Bonchev–Trinajstić information content (AvgIpc) is 2.85. The molecule has 0 aromatic heterocycles. The van der Waals surface area contributed by atoms with Crippen molar-refractivity contribution in [1.82, 2.24) is 5.32 Å². The van der Waals surface area contributed by atoms with Gasteiger partial charge >= 0.3 is 0 Å². The predicted molar refractivity (Wildman–Crippen MR) is 73.4 cm³/mol. The number of amides is 1. The summed E-state index contributed by atoms with van der Waals surface area (Å²) in [7, 11) is 0. The minimum atomic E-state index is -0.0512. The fourth-order valence-corrected chi connectivity index (χ4v) is 2.75. The van der Waals surface area contributed by atoms with E-state index in [2.05, 4.69) is 35.8 Å². The summed E-state index contributed by atoms with van der Waals surface area (Å²) in [6.45, 7) is 4.14. The lowest BCUT2D eigenvalue weighted by molar-refractivity contribution is -0.117. The van der Waals surface area contributed by atoms with Crippen molar-refractivity contribution in [3.63, 3.8) is 0 Å². The highest BCUT2D eigenvalue weighted by molar-refractivity contribution is 7.99. The first-order valence-electron chi connectivity index (χ1n) is 5.92. The van der Waals surface area contributed by atoms with E-state index < -0.39 is 0 Å². The zero-order chi connectivity index (χ0) is 12.3. The second-order valence-electron chi connectivity index (χ2n) is 4.26. The largest absolute Gasteiger partial charge is 0.324 e. The maximum atomic E-state index is 12.0. The van der Waals surface area contributed by atoms with E-state index in [9.17, 15) is 4.79 Å². The Bertz CT molecular complexity index is 414. The Labute approximate surface area is 106 Å². The Hall–Kier alpha value is -1.00. The topological polar surface area (TPSA) is 41.1 Å². The van der Waals surface area contributed by atoms with Crippen LogP contribution in [0.3, 0.4) is 0 Å². The number of aryl methyl sites for hydroxylation is 2. The van der Waals surface area contributed by atoms with Crippen LogP contribution in [0.15, 0.2) is 18.2 Å². The molecule has 1 atom stereocenters. The van der Waals surface area contributed by atoms with Gasteiger partial charge in [-0.3, -0.25) is 10.1 Å². The number of hydrogen-bond acceptors (Lipinski definition) is 3. The summed E-state index contributed by atoms with van der Waals surface area (Å²) < 4.78 is 0. The summed E-state index contributed by atoms with van der Waals surface area (Å²) in [5.41, 5.74) is 3.30. The van der Waals surface area contributed by atoms with Gasteiger partial charge in [-0.2, -0.15) is 0 Å². The Morgan fingerprint density at radius 2 is 2.41 bits per heavy atom. The van der Waals surface area contributed by atoms with Gasteiger partial charge in [-0.1, -0.05) is 19.1 Å². The Morgan fingerprint density at radius 3 is 3.06 bits per heavy atom. The molecule has 1 aromatic rings. The molecule has 1 amide bonds. The highest BCUT2D eigenvalue weighted by Crippen LogP contribution is 2.19. The van der Waals surface area contributed by atoms with Crippen molar-refractivity contribution in [3.8, 4) is 0 Å². The maximum Gasteiger partial charge on any atom is 0.242 e. The molecule has 1 aliphatic rings. The van der Waals surface area contributed by atoms with Crippen molar-refractivity contribution in [2.24, 2.45) is 0 Å². The summed E-state index contributed by atoms with van der Waals surface area (Å²) >= 11 is 1.76. The molecule has 1 fully saturated rings. The third-order valence-corrected chi connectivity index (χ3v) is 3.94. The lowest BCUT2D eigenvalue weighted by Crippen LogP contribution is -2.37. The summed E-state index contributed by atoms with van der Waals surface area (Å²) in [6, 6.07) is 6.18. The van der Waals surface area contributed by atoms with Crippen LogP contribution in [-0.2, 0) is 11.2 Å². The van der Waals surface area contributed by atoms with Crippen LogP contribution in [0, 0.1) is 6.92 Å². The molecule has 0 spiro atoms. The van der Waals surface area contributed by atoms with E-state index in [0.717, 1.165) is 29.3 Å². The standard InChI is InChI=1S/C13H18N2OS/c1-3-10-5-4-9(2)11(6-10)15-13(16)12-7-17-8-14-12/h4-6,12,14H,3,7-8H2,1-2H3,(H,15,16). The fraction of sp³-hybridized carbons (Fsp3) is 0.462. The van der Waals surface area contributed by atoms with Gasteiger partial charge in [0.2, 0.25) is 5.91 Å². The Kier molecular flexibility index (Phi) is 4.07. The molecule has 1 aliphatic heterocycles. The molecule has 2 rings (SSSR count). The molecule has 0 saturated carbocycles. The highest BCUT2D eigenvalue weighted by atomic mass is 32.2. The summed E-state index contributed by atoms with van der Waals surface area (Å²) in [5.74, 6) is 1.80. The first-order valence-corrected chi connectivity index (χ1v) is 7.07. The number of anilines is 1. The van der Waals surface area contributed by atoms with Crippen LogP contribution in [0.1, 0.15) is 18.1 Å². The molecule has 1 unspecified atom stereocenters. The zero-order valence-electron chi connectivity index (χ0n) is 10.2. The van der Waals surface area contributed by atoms with Crippen LogP contribution in [0.5, 0.6) is 0 Å². The van der Waals surface area contributed by atoms with Crippen molar-refractivity contribution >= 4 is 23.4 Å². The third kappa shape index (κ3) is 3.01. The highest BCUT2D eigenvalue weighted by Gasteiger charge is 2.22. The normalized spacial score (nSPS) is 19.3. The second-order valence-corrected chi connectivity index (χ2v) is 5.29. The Morgan fingerprint density at radius 1 is 1.59 bits per heavy atom. The molecule has 0 aliphatic carbocycles. The molecular weight excluding hydrogens is 232 g/mol. The number of hydrogen-bond donors (Lipinski definition) is 2. The molecular formula is C13H18N2OS. The number of benzene rings is 1. The van der Waals surface area contributed by atoms with Crippen LogP contribution in [0.2, 0.25) is 0 Å². The summed E-state index contributed by atoms with van der Waals surface area (Å²) in [6.07, 6.45) is 0.987. The molecule has 17 heavy (non-hydrogen) atoms. The number of carbonyl (C=O) groups is 1. The second kappa shape index (κ2) is 5.56. The van der Waals surface area contributed by atoms with E-state index in [4.69, 9.17) is 0 Å². The molecule has 2 N–H and O–H groups in total. The van der Waals surface area contributed by atoms with Crippen LogP contribution in [0.25, 0.3) is 0 Å². The predicted octanol–water partition coefficient (Wildman–Crippen LogP) is 2.16. The van der Waals surface area contributed by atoms with E-state index in [1.165, 1.54) is 5.56 Å². The molecule has 4 heteroatoms. The van der Waals surface area contributed by atoms with Crippen molar-refractivity contribution < 1.29 is 4.79 Å². The SMILES string of the molecule is CCc1ccc(C)c(NC(=O)C2CSCN2)c1. The molecule has 1 heterocycles. The van der Waals surface area contributed by atoms with E-state index in [1.807, 2.05) is 6.92 Å². The lowest BCUT2D eigenvalue weighted by Gasteiger charge is -2.13. The van der Waals surface area contributed by atoms with E-state index >= 15 is 0 Å². The van der Waals surface area contributed by atoms with Crippen LogP contribution < -0.4 is 10.6 Å². The van der Waals surface area contributed by atoms with E-state index in [1.54, 1.807) is 11.8 Å². The lowest BCUT2D eigenvalue weighted by atomic mass is 10.1. The van der Waals surface area contributed by atoms with Gasteiger partial charge < -0.3 is 5.32 Å².